The number of rotatable bonds is 6. The van der Waals surface area contributed by atoms with Crippen LogP contribution in [-0.4, -0.2) is 21.5 Å². The molecule has 18 heavy (non-hydrogen) atoms. The van der Waals surface area contributed by atoms with Crippen molar-refractivity contribution < 1.29 is 9.84 Å². The Kier molecular flexibility index (Phi) is 4.36. The average molecular weight is 246 g/mol. The second-order valence-electron chi connectivity index (χ2n) is 4.15. The van der Waals surface area contributed by atoms with Gasteiger partial charge in [-0.05, 0) is 19.1 Å². The van der Waals surface area contributed by atoms with Gasteiger partial charge in [0.05, 0.1) is 19.4 Å². The largest absolute Gasteiger partial charge is 0.494 e. The molecule has 0 saturated heterocycles. The molecule has 0 bridgehead atoms. The molecule has 1 heterocycles. The first kappa shape index (κ1) is 12.6. The van der Waals surface area contributed by atoms with Crippen LogP contribution in [0.1, 0.15) is 17.7 Å². The van der Waals surface area contributed by atoms with Crippen LogP contribution in [-0.2, 0) is 13.2 Å². The number of hydrogen-bond acceptors (Lipinski definition) is 3. The number of aliphatic hydroxyl groups is 1. The zero-order valence-electron chi connectivity index (χ0n) is 10.5. The Morgan fingerprint density at radius 3 is 2.72 bits per heavy atom. The van der Waals surface area contributed by atoms with Gasteiger partial charge in [-0.3, -0.25) is 4.68 Å². The summed E-state index contributed by atoms with van der Waals surface area (Å²) in [5, 5.41) is 13.3. The molecule has 1 aromatic heterocycles. The fourth-order valence-electron chi connectivity index (χ4n) is 1.79. The molecule has 0 aliphatic heterocycles. The smallest absolute Gasteiger partial charge is 0.119 e. The minimum Gasteiger partial charge on any atom is -0.494 e. The monoisotopic (exact) mass is 246 g/mol. The highest BCUT2D eigenvalue weighted by Gasteiger charge is 2.04. The van der Waals surface area contributed by atoms with Crippen LogP contribution >= 0.6 is 0 Å². The molecule has 0 unspecified atom stereocenters. The van der Waals surface area contributed by atoms with E-state index in [1.807, 2.05) is 41.9 Å². The maximum atomic E-state index is 9.07. The third kappa shape index (κ3) is 3.11. The van der Waals surface area contributed by atoms with Crippen LogP contribution in [0.4, 0.5) is 0 Å². The van der Waals surface area contributed by atoms with E-state index in [1.165, 1.54) is 0 Å². The summed E-state index contributed by atoms with van der Waals surface area (Å²) < 4.78 is 7.51. The number of aryl methyl sites for hydroxylation is 1. The maximum Gasteiger partial charge on any atom is 0.119 e. The van der Waals surface area contributed by atoms with E-state index in [4.69, 9.17) is 9.84 Å². The molecular weight excluding hydrogens is 228 g/mol. The Morgan fingerprint density at radius 2 is 2.06 bits per heavy atom. The minimum absolute atomic E-state index is 0.0480. The molecule has 2 rings (SSSR count). The molecule has 0 atom stereocenters. The number of ether oxygens (including phenoxy) is 1. The van der Waals surface area contributed by atoms with Crippen molar-refractivity contribution in [3.8, 4) is 5.75 Å². The molecule has 0 aliphatic carbocycles. The first-order chi connectivity index (χ1) is 8.81. The summed E-state index contributed by atoms with van der Waals surface area (Å²) in [7, 11) is 0. The second-order valence-corrected chi connectivity index (χ2v) is 4.15. The van der Waals surface area contributed by atoms with E-state index in [-0.39, 0.29) is 6.61 Å². The van der Waals surface area contributed by atoms with Gasteiger partial charge in [-0.1, -0.05) is 18.2 Å². The van der Waals surface area contributed by atoms with Crippen LogP contribution in [0.15, 0.2) is 36.5 Å². The molecular formula is C14H18N2O2. The molecule has 1 N–H and O–H groups in total. The third-order valence-electron chi connectivity index (χ3n) is 2.90. The fraction of sp³-hybridized carbons (Fsp3) is 0.357. The minimum atomic E-state index is 0.0480. The molecule has 1 aromatic carbocycles. The summed E-state index contributed by atoms with van der Waals surface area (Å²) in [4.78, 5) is 0. The van der Waals surface area contributed by atoms with Gasteiger partial charge in [-0.25, -0.2) is 0 Å². The standard InChI is InChI=1S/C14H18N2O2/c1-12-13(11-17)10-15-16(12)8-5-9-18-14-6-3-2-4-7-14/h2-4,6-7,10,17H,5,8-9,11H2,1H3. The Labute approximate surface area is 107 Å². The van der Waals surface area contributed by atoms with Crippen molar-refractivity contribution in [1.82, 2.24) is 9.78 Å². The number of para-hydroxylation sites is 1. The van der Waals surface area contributed by atoms with Crippen molar-refractivity contribution in [2.45, 2.75) is 26.5 Å². The summed E-state index contributed by atoms with van der Waals surface area (Å²) in [6.07, 6.45) is 2.61. The maximum absolute atomic E-state index is 9.07. The second kappa shape index (κ2) is 6.21. The number of aliphatic hydroxyl groups excluding tert-OH is 1. The van der Waals surface area contributed by atoms with Crippen LogP contribution in [0.5, 0.6) is 5.75 Å². The normalized spacial score (nSPS) is 10.6. The lowest BCUT2D eigenvalue weighted by Gasteiger charge is -2.07. The van der Waals surface area contributed by atoms with Crippen molar-refractivity contribution in [2.24, 2.45) is 0 Å². The Morgan fingerprint density at radius 1 is 1.28 bits per heavy atom. The van der Waals surface area contributed by atoms with E-state index in [1.54, 1.807) is 6.20 Å². The predicted molar refractivity (Wildman–Crippen MR) is 69.4 cm³/mol. The molecule has 0 saturated carbocycles. The van der Waals surface area contributed by atoms with E-state index >= 15 is 0 Å². The van der Waals surface area contributed by atoms with Gasteiger partial charge < -0.3 is 9.84 Å². The van der Waals surface area contributed by atoms with E-state index in [0.29, 0.717) is 6.61 Å². The van der Waals surface area contributed by atoms with Gasteiger partial charge in [0.15, 0.2) is 0 Å². The lowest BCUT2D eigenvalue weighted by molar-refractivity contribution is 0.280. The van der Waals surface area contributed by atoms with Gasteiger partial charge in [0.1, 0.15) is 5.75 Å². The zero-order valence-corrected chi connectivity index (χ0v) is 10.5. The summed E-state index contributed by atoms with van der Waals surface area (Å²) in [6, 6.07) is 9.78. The fourth-order valence-corrected chi connectivity index (χ4v) is 1.79. The highest BCUT2D eigenvalue weighted by Crippen LogP contribution is 2.10. The van der Waals surface area contributed by atoms with Gasteiger partial charge >= 0.3 is 0 Å². The van der Waals surface area contributed by atoms with Gasteiger partial charge in [-0.15, -0.1) is 0 Å². The Balaban J connectivity index is 1.77. The first-order valence-electron chi connectivity index (χ1n) is 6.11. The van der Waals surface area contributed by atoms with E-state index in [9.17, 15) is 0 Å². The van der Waals surface area contributed by atoms with Gasteiger partial charge in [0.2, 0.25) is 0 Å². The number of benzene rings is 1. The molecule has 0 spiro atoms. The summed E-state index contributed by atoms with van der Waals surface area (Å²) in [6.45, 7) is 3.49. The molecule has 96 valence electrons. The summed E-state index contributed by atoms with van der Waals surface area (Å²) >= 11 is 0. The highest BCUT2D eigenvalue weighted by atomic mass is 16.5. The van der Waals surface area contributed by atoms with E-state index < -0.39 is 0 Å². The van der Waals surface area contributed by atoms with E-state index in [2.05, 4.69) is 5.10 Å². The van der Waals surface area contributed by atoms with Crippen LogP contribution in [0.3, 0.4) is 0 Å². The van der Waals surface area contributed by atoms with Crippen LogP contribution < -0.4 is 4.74 Å². The molecule has 0 fully saturated rings. The third-order valence-corrected chi connectivity index (χ3v) is 2.90. The Hall–Kier alpha value is -1.81. The van der Waals surface area contributed by atoms with Crippen molar-refractivity contribution in [3.05, 3.63) is 47.8 Å². The quantitative estimate of drug-likeness (QED) is 0.794. The predicted octanol–water partition coefficient (Wildman–Crippen LogP) is 2.15. The highest BCUT2D eigenvalue weighted by molar-refractivity contribution is 5.20. The van der Waals surface area contributed by atoms with Crippen LogP contribution in [0, 0.1) is 6.92 Å². The average Bonchev–Trinajstić information content (AvgIpc) is 2.77. The molecule has 4 heteroatoms. The number of hydrogen-bond donors (Lipinski definition) is 1. The van der Waals surface area contributed by atoms with Gasteiger partial charge in [-0.2, -0.15) is 5.10 Å². The van der Waals surface area contributed by atoms with Crippen LogP contribution in [0.25, 0.3) is 0 Å². The lowest BCUT2D eigenvalue weighted by atomic mass is 10.3. The first-order valence-corrected chi connectivity index (χ1v) is 6.11. The topological polar surface area (TPSA) is 47.3 Å². The van der Waals surface area contributed by atoms with Crippen molar-refractivity contribution >= 4 is 0 Å². The number of aromatic nitrogens is 2. The molecule has 0 radical (unpaired) electrons. The molecule has 4 nitrogen and oxygen atoms in total. The summed E-state index contributed by atoms with van der Waals surface area (Å²) in [5.41, 5.74) is 1.91. The molecule has 0 amide bonds. The van der Waals surface area contributed by atoms with Crippen molar-refractivity contribution in [3.63, 3.8) is 0 Å². The molecule has 0 aliphatic rings. The van der Waals surface area contributed by atoms with Crippen molar-refractivity contribution in [1.29, 1.82) is 0 Å². The Bertz CT molecular complexity index is 480. The zero-order chi connectivity index (χ0) is 12.8. The number of nitrogens with zero attached hydrogens (tertiary/aromatic N) is 2. The SMILES string of the molecule is Cc1c(CO)cnn1CCCOc1ccccc1. The van der Waals surface area contributed by atoms with Crippen LogP contribution in [0.2, 0.25) is 0 Å². The van der Waals surface area contributed by atoms with Crippen molar-refractivity contribution in [2.75, 3.05) is 6.61 Å². The van der Waals surface area contributed by atoms with E-state index in [0.717, 1.165) is 30.0 Å². The van der Waals surface area contributed by atoms with Gasteiger partial charge in [0, 0.05) is 24.2 Å². The van der Waals surface area contributed by atoms with Gasteiger partial charge in [0.25, 0.3) is 0 Å². The molecule has 2 aromatic rings. The lowest BCUT2D eigenvalue weighted by Crippen LogP contribution is -2.07. The summed E-state index contributed by atoms with van der Waals surface area (Å²) in [5.74, 6) is 0.894.